The molecular weight excluding hydrogens is 262 g/mol. The van der Waals surface area contributed by atoms with Gasteiger partial charge in [-0.2, -0.15) is 0 Å². The van der Waals surface area contributed by atoms with E-state index in [1.54, 1.807) is 0 Å². The number of aryl methyl sites for hydroxylation is 1. The molecule has 2 rings (SSSR count). The molecule has 0 aromatic heterocycles. The minimum Gasteiger partial charge on any atom is -0.444 e. The Kier molecular flexibility index (Phi) is 4.32. The predicted molar refractivity (Wildman–Crippen MR) is 86.5 cm³/mol. The molecule has 0 bridgehead atoms. The number of hydrogen-bond donors (Lipinski definition) is 1. The van der Waals surface area contributed by atoms with E-state index in [1.807, 2.05) is 70.2 Å². The molecule has 0 aliphatic heterocycles. The predicted octanol–water partition coefficient (Wildman–Crippen LogP) is 5.01. The molecule has 0 saturated heterocycles. The zero-order valence-electron chi connectivity index (χ0n) is 12.9. The fourth-order valence-electron chi connectivity index (χ4n) is 2.07. The fourth-order valence-corrected chi connectivity index (χ4v) is 2.07. The van der Waals surface area contributed by atoms with Crippen molar-refractivity contribution in [1.29, 1.82) is 0 Å². The molecule has 0 heterocycles. The van der Waals surface area contributed by atoms with Crippen LogP contribution in [0.2, 0.25) is 0 Å². The van der Waals surface area contributed by atoms with Crippen LogP contribution in [-0.2, 0) is 4.74 Å². The zero-order chi connectivity index (χ0) is 15.5. The number of ether oxygens (including phenoxy) is 1. The van der Waals surface area contributed by atoms with E-state index < -0.39 is 11.7 Å². The Morgan fingerprint density at radius 1 is 1.00 bits per heavy atom. The van der Waals surface area contributed by atoms with E-state index >= 15 is 0 Å². The summed E-state index contributed by atoms with van der Waals surface area (Å²) in [4.78, 5) is 11.9. The second-order valence-corrected chi connectivity index (χ2v) is 6.08. The molecule has 21 heavy (non-hydrogen) atoms. The maximum atomic E-state index is 11.9. The lowest BCUT2D eigenvalue weighted by molar-refractivity contribution is 0.0636. The molecule has 0 aliphatic carbocycles. The molecule has 0 radical (unpaired) electrons. The van der Waals surface area contributed by atoms with Gasteiger partial charge >= 0.3 is 6.09 Å². The van der Waals surface area contributed by atoms with E-state index in [-0.39, 0.29) is 0 Å². The Bertz CT molecular complexity index is 627. The van der Waals surface area contributed by atoms with Gasteiger partial charge in [0.15, 0.2) is 0 Å². The number of benzene rings is 2. The minimum absolute atomic E-state index is 0.438. The molecule has 1 N–H and O–H groups in total. The molecule has 0 spiro atoms. The molecule has 3 heteroatoms. The van der Waals surface area contributed by atoms with Crippen LogP contribution in [0.4, 0.5) is 10.5 Å². The van der Waals surface area contributed by atoms with Gasteiger partial charge in [-0.3, -0.25) is 5.32 Å². The number of nitrogens with one attached hydrogen (secondary N) is 1. The monoisotopic (exact) mass is 283 g/mol. The second-order valence-electron chi connectivity index (χ2n) is 6.08. The molecule has 0 unspecified atom stereocenters. The molecule has 0 fully saturated rings. The van der Waals surface area contributed by atoms with Gasteiger partial charge in [0.05, 0.1) is 0 Å². The Morgan fingerprint density at radius 3 is 2.29 bits per heavy atom. The van der Waals surface area contributed by atoms with E-state index in [0.29, 0.717) is 0 Å². The van der Waals surface area contributed by atoms with E-state index in [2.05, 4.69) is 11.4 Å². The summed E-state index contributed by atoms with van der Waals surface area (Å²) < 4.78 is 5.28. The SMILES string of the molecule is Cc1cc(NC(=O)OC(C)(C)C)cc(-c2ccccc2)c1. The highest BCUT2D eigenvalue weighted by Crippen LogP contribution is 2.25. The quantitative estimate of drug-likeness (QED) is 0.841. The largest absolute Gasteiger partial charge is 0.444 e. The summed E-state index contributed by atoms with van der Waals surface area (Å²) in [6, 6.07) is 16.0. The first-order valence-electron chi connectivity index (χ1n) is 7.01. The van der Waals surface area contributed by atoms with Gasteiger partial charge in [0.2, 0.25) is 0 Å². The van der Waals surface area contributed by atoms with Gasteiger partial charge in [0.1, 0.15) is 5.60 Å². The summed E-state index contributed by atoms with van der Waals surface area (Å²) in [5.74, 6) is 0. The molecule has 110 valence electrons. The Balaban J connectivity index is 2.22. The highest BCUT2D eigenvalue weighted by molar-refractivity contribution is 5.86. The van der Waals surface area contributed by atoms with Crippen molar-refractivity contribution in [1.82, 2.24) is 0 Å². The van der Waals surface area contributed by atoms with E-state index in [0.717, 1.165) is 22.4 Å². The summed E-state index contributed by atoms with van der Waals surface area (Å²) in [6.45, 7) is 7.54. The first kappa shape index (κ1) is 15.1. The van der Waals surface area contributed by atoms with Gasteiger partial charge in [-0.1, -0.05) is 36.4 Å². The number of anilines is 1. The van der Waals surface area contributed by atoms with Gasteiger partial charge in [-0.25, -0.2) is 4.79 Å². The summed E-state index contributed by atoms with van der Waals surface area (Å²) in [5, 5.41) is 2.79. The van der Waals surface area contributed by atoms with Crippen molar-refractivity contribution in [2.24, 2.45) is 0 Å². The van der Waals surface area contributed by atoms with Gasteiger partial charge < -0.3 is 4.74 Å². The van der Waals surface area contributed by atoms with E-state index in [4.69, 9.17) is 4.74 Å². The van der Waals surface area contributed by atoms with Crippen molar-refractivity contribution in [2.75, 3.05) is 5.32 Å². The Hall–Kier alpha value is -2.29. The number of rotatable bonds is 2. The van der Waals surface area contributed by atoms with E-state index in [9.17, 15) is 4.79 Å². The first-order chi connectivity index (χ1) is 9.83. The summed E-state index contributed by atoms with van der Waals surface area (Å²) in [6.07, 6.45) is -0.438. The normalized spacial score (nSPS) is 11.0. The van der Waals surface area contributed by atoms with Crippen LogP contribution in [-0.4, -0.2) is 11.7 Å². The maximum absolute atomic E-state index is 11.9. The lowest BCUT2D eigenvalue weighted by atomic mass is 10.0. The van der Waals surface area contributed by atoms with Crippen molar-refractivity contribution in [3.8, 4) is 11.1 Å². The molecule has 3 nitrogen and oxygen atoms in total. The number of hydrogen-bond acceptors (Lipinski definition) is 2. The third-order valence-electron chi connectivity index (χ3n) is 2.83. The minimum atomic E-state index is -0.504. The third kappa shape index (κ3) is 4.63. The lowest BCUT2D eigenvalue weighted by Gasteiger charge is -2.20. The van der Waals surface area contributed by atoms with Crippen molar-refractivity contribution in [2.45, 2.75) is 33.3 Å². The van der Waals surface area contributed by atoms with Crippen LogP contribution in [0.25, 0.3) is 11.1 Å². The summed E-state index contributed by atoms with van der Waals surface area (Å²) in [7, 11) is 0. The molecular formula is C18H21NO2. The summed E-state index contributed by atoms with van der Waals surface area (Å²) >= 11 is 0. The van der Waals surface area contributed by atoms with E-state index in [1.165, 1.54) is 0 Å². The van der Waals surface area contributed by atoms with Crippen LogP contribution in [0, 0.1) is 6.92 Å². The van der Waals surface area contributed by atoms with Crippen molar-refractivity contribution in [3.05, 3.63) is 54.1 Å². The van der Waals surface area contributed by atoms with Crippen LogP contribution in [0.1, 0.15) is 26.3 Å². The van der Waals surface area contributed by atoms with Crippen molar-refractivity contribution in [3.63, 3.8) is 0 Å². The maximum Gasteiger partial charge on any atom is 0.412 e. The fraction of sp³-hybridized carbons (Fsp3) is 0.278. The Morgan fingerprint density at radius 2 is 1.67 bits per heavy atom. The summed E-state index contributed by atoms with van der Waals surface area (Å²) in [5.41, 5.74) is 3.51. The van der Waals surface area contributed by atoms with Gasteiger partial charge in [-0.15, -0.1) is 0 Å². The third-order valence-corrected chi connectivity index (χ3v) is 2.83. The van der Waals surface area contributed by atoms with Crippen molar-refractivity contribution >= 4 is 11.8 Å². The molecule has 2 aromatic rings. The lowest BCUT2D eigenvalue weighted by Crippen LogP contribution is -2.27. The van der Waals surface area contributed by atoms with Gasteiger partial charge in [0.25, 0.3) is 0 Å². The zero-order valence-corrected chi connectivity index (χ0v) is 12.9. The first-order valence-corrected chi connectivity index (χ1v) is 7.01. The number of carbonyl (C=O) groups excluding carboxylic acids is 1. The molecule has 0 atom stereocenters. The van der Waals surface area contributed by atoms with Crippen LogP contribution in [0.3, 0.4) is 0 Å². The highest BCUT2D eigenvalue weighted by atomic mass is 16.6. The molecule has 2 aromatic carbocycles. The topological polar surface area (TPSA) is 38.3 Å². The second kappa shape index (κ2) is 6.00. The number of amides is 1. The van der Waals surface area contributed by atoms with Crippen molar-refractivity contribution < 1.29 is 9.53 Å². The van der Waals surface area contributed by atoms with Crippen LogP contribution in [0.15, 0.2) is 48.5 Å². The highest BCUT2D eigenvalue weighted by Gasteiger charge is 2.16. The molecule has 0 aliphatic rings. The van der Waals surface area contributed by atoms with Crippen LogP contribution < -0.4 is 5.32 Å². The average molecular weight is 283 g/mol. The average Bonchev–Trinajstić information content (AvgIpc) is 2.36. The van der Waals surface area contributed by atoms with Gasteiger partial charge in [-0.05, 0) is 56.5 Å². The van der Waals surface area contributed by atoms with Gasteiger partial charge in [0, 0.05) is 5.69 Å². The van der Waals surface area contributed by atoms with Crippen LogP contribution in [0.5, 0.6) is 0 Å². The Labute approximate surface area is 126 Å². The standard InChI is InChI=1S/C18H21NO2/c1-13-10-15(14-8-6-5-7-9-14)12-16(11-13)19-17(20)21-18(2,3)4/h5-12H,1-4H3,(H,19,20). The van der Waals surface area contributed by atoms with Crippen LogP contribution >= 0.6 is 0 Å². The molecule has 1 amide bonds. The smallest absolute Gasteiger partial charge is 0.412 e. The molecule has 0 saturated carbocycles. The number of carbonyl (C=O) groups is 1.